The molecule has 0 bridgehead atoms. The molecule has 2 rings (SSSR count). The SMILES string of the molecule is CCCC1CC1NC(C)Cc1ccc(OC)c(OC)c1. The largest absolute Gasteiger partial charge is 0.493 e. The van der Waals surface area contributed by atoms with Crippen LogP contribution in [0.1, 0.15) is 38.7 Å². The van der Waals surface area contributed by atoms with Crippen molar-refractivity contribution in [3.8, 4) is 11.5 Å². The van der Waals surface area contributed by atoms with Gasteiger partial charge in [-0.1, -0.05) is 19.4 Å². The molecule has 1 saturated carbocycles. The summed E-state index contributed by atoms with van der Waals surface area (Å²) in [5.74, 6) is 2.52. The second kappa shape index (κ2) is 6.98. The summed E-state index contributed by atoms with van der Waals surface area (Å²) in [4.78, 5) is 0. The molecule has 1 fully saturated rings. The molecule has 1 aromatic carbocycles. The van der Waals surface area contributed by atoms with Crippen molar-refractivity contribution in [2.75, 3.05) is 14.2 Å². The molecular formula is C17H27NO2. The average molecular weight is 277 g/mol. The van der Waals surface area contributed by atoms with E-state index in [1.807, 2.05) is 6.07 Å². The van der Waals surface area contributed by atoms with Gasteiger partial charge in [-0.25, -0.2) is 0 Å². The summed E-state index contributed by atoms with van der Waals surface area (Å²) in [6.07, 6.45) is 5.04. The van der Waals surface area contributed by atoms with Crippen LogP contribution in [0.4, 0.5) is 0 Å². The average Bonchev–Trinajstić information content (AvgIpc) is 3.16. The normalized spacial score (nSPS) is 22.4. The lowest BCUT2D eigenvalue weighted by atomic mass is 10.1. The Kier molecular flexibility index (Phi) is 5.30. The van der Waals surface area contributed by atoms with Crippen molar-refractivity contribution < 1.29 is 9.47 Å². The Morgan fingerprint density at radius 2 is 2.00 bits per heavy atom. The van der Waals surface area contributed by atoms with Crippen LogP contribution in [-0.4, -0.2) is 26.3 Å². The highest BCUT2D eigenvalue weighted by Gasteiger charge is 2.36. The number of methoxy groups -OCH3 is 2. The highest BCUT2D eigenvalue weighted by molar-refractivity contribution is 5.43. The maximum Gasteiger partial charge on any atom is 0.160 e. The lowest BCUT2D eigenvalue weighted by molar-refractivity contribution is 0.354. The standard InChI is InChI=1S/C17H27NO2/c1-5-6-14-11-15(14)18-12(2)9-13-7-8-16(19-3)17(10-13)20-4/h7-8,10,12,14-15,18H,5-6,9,11H2,1-4H3. The minimum atomic E-state index is 0.500. The number of benzene rings is 1. The molecule has 0 aromatic heterocycles. The summed E-state index contributed by atoms with van der Waals surface area (Å²) >= 11 is 0. The van der Waals surface area contributed by atoms with E-state index in [2.05, 4.69) is 31.3 Å². The van der Waals surface area contributed by atoms with Crippen LogP contribution >= 0.6 is 0 Å². The summed E-state index contributed by atoms with van der Waals surface area (Å²) in [6, 6.07) is 7.42. The Morgan fingerprint density at radius 1 is 1.25 bits per heavy atom. The van der Waals surface area contributed by atoms with Crippen LogP contribution in [0.5, 0.6) is 11.5 Å². The molecule has 20 heavy (non-hydrogen) atoms. The second-order valence-corrected chi connectivity index (χ2v) is 5.85. The summed E-state index contributed by atoms with van der Waals surface area (Å²) in [5.41, 5.74) is 1.29. The molecule has 1 N–H and O–H groups in total. The number of ether oxygens (including phenoxy) is 2. The van der Waals surface area contributed by atoms with Crippen LogP contribution < -0.4 is 14.8 Å². The number of hydrogen-bond donors (Lipinski definition) is 1. The van der Waals surface area contributed by atoms with E-state index in [0.29, 0.717) is 6.04 Å². The van der Waals surface area contributed by atoms with Gasteiger partial charge in [0.05, 0.1) is 14.2 Å². The third kappa shape index (κ3) is 3.89. The van der Waals surface area contributed by atoms with Gasteiger partial charge >= 0.3 is 0 Å². The van der Waals surface area contributed by atoms with Crippen LogP contribution in [-0.2, 0) is 6.42 Å². The molecule has 3 unspecified atom stereocenters. The first kappa shape index (κ1) is 15.2. The molecule has 0 heterocycles. The van der Waals surface area contributed by atoms with Gasteiger partial charge in [0, 0.05) is 12.1 Å². The maximum atomic E-state index is 5.36. The van der Waals surface area contributed by atoms with Gasteiger partial charge in [0.15, 0.2) is 11.5 Å². The van der Waals surface area contributed by atoms with E-state index in [0.717, 1.165) is 29.9 Å². The lowest BCUT2D eigenvalue weighted by Gasteiger charge is -2.15. The zero-order valence-electron chi connectivity index (χ0n) is 13.1. The molecule has 0 saturated heterocycles. The maximum absolute atomic E-state index is 5.36. The van der Waals surface area contributed by atoms with E-state index >= 15 is 0 Å². The van der Waals surface area contributed by atoms with E-state index in [1.54, 1.807) is 14.2 Å². The van der Waals surface area contributed by atoms with Crippen molar-refractivity contribution in [3.05, 3.63) is 23.8 Å². The molecule has 0 aliphatic heterocycles. The fraction of sp³-hybridized carbons (Fsp3) is 0.647. The number of hydrogen-bond acceptors (Lipinski definition) is 3. The minimum absolute atomic E-state index is 0.500. The van der Waals surface area contributed by atoms with Gasteiger partial charge in [-0.05, 0) is 49.8 Å². The summed E-state index contributed by atoms with van der Waals surface area (Å²) in [7, 11) is 3.35. The van der Waals surface area contributed by atoms with E-state index in [4.69, 9.17) is 9.47 Å². The number of rotatable bonds is 8. The van der Waals surface area contributed by atoms with Crippen LogP contribution in [0.25, 0.3) is 0 Å². The third-order valence-electron chi connectivity index (χ3n) is 4.07. The molecule has 3 nitrogen and oxygen atoms in total. The monoisotopic (exact) mass is 277 g/mol. The van der Waals surface area contributed by atoms with Crippen LogP contribution in [0.15, 0.2) is 18.2 Å². The van der Waals surface area contributed by atoms with Gasteiger partial charge in [0.2, 0.25) is 0 Å². The van der Waals surface area contributed by atoms with Gasteiger partial charge in [-0.3, -0.25) is 0 Å². The molecule has 1 aromatic rings. The van der Waals surface area contributed by atoms with Crippen LogP contribution in [0.2, 0.25) is 0 Å². The second-order valence-electron chi connectivity index (χ2n) is 5.85. The Hall–Kier alpha value is -1.22. The zero-order chi connectivity index (χ0) is 14.5. The minimum Gasteiger partial charge on any atom is -0.493 e. The Labute approximate surface area is 122 Å². The van der Waals surface area contributed by atoms with Crippen molar-refractivity contribution in [1.82, 2.24) is 5.32 Å². The molecule has 1 aliphatic carbocycles. The summed E-state index contributed by atoms with van der Waals surface area (Å²) in [6.45, 7) is 4.53. The molecule has 112 valence electrons. The Bertz CT molecular complexity index is 433. The van der Waals surface area contributed by atoms with E-state index in [-0.39, 0.29) is 0 Å². The summed E-state index contributed by atoms with van der Waals surface area (Å²) in [5, 5.41) is 3.73. The molecule has 3 heteroatoms. The first-order valence-corrected chi connectivity index (χ1v) is 7.64. The van der Waals surface area contributed by atoms with E-state index < -0.39 is 0 Å². The van der Waals surface area contributed by atoms with Crippen molar-refractivity contribution in [1.29, 1.82) is 0 Å². The summed E-state index contributed by atoms with van der Waals surface area (Å²) < 4.78 is 10.6. The Morgan fingerprint density at radius 3 is 2.65 bits per heavy atom. The fourth-order valence-electron chi connectivity index (χ4n) is 2.93. The first-order valence-electron chi connectivity index (χ1n) is 7.64. The predicted octanol–water partition coefficient (Wildman–Crippen LogP) is 3.41. The van der Waals surface area contributed by atoms with Gasteiger partial charge in [0.25, 0.3) is 0 Å². The molecule has 0 radical (unpaired) electrons. The van der Waals surface area contributed by atoms with Crippen LogP contribution in [0.3, 0.4) is 0 Å². The van der Waals surface area contributed by atoms with Crippen molar-refractivity contribution in [3.63, 3.8) is 0 Å². The zero-order valence-corrected chi connectivity index (χ0v) is 13.1. The fourth-order valence-corrected chi connectivity index (χ4v) is 2.93. The molecular weight excluding hydrogens is 250 g/mol. The van der Waals surface area contributed by atoms with Gasteiger partial charge < -0.3 is 14.8 Å². The highest BCUT2D eigenvalue weighted by atomic mass is 16.5. The lowest BCUT2D eigenvalue weighted by Crippen LogP contribution is -2.31. The van der Waals surface area contributed by atoms with E-state index in [9.17, 15) is 0 Å². The van der Waals surface area contributed by atoms with Crippen molar-refractivity contribution in [2.45, 2.75) is 51.6 Å². The van der Waals surface area contributed by atoms with E-state index in [1.165, 1.54) is 24.8 Å². The van der Waals surface area contributed by atoms with Crippen LogP contribution in [0, 0.1) is 5.92 Å². The third-order valence-corrected chi connectivity index (χ3v) is 4.07. The quantitative estimate of drug-likeness (QED) is 0.790. The number of nitrogens with one attached hydrogen (secondary N) is 1. The van der Waals surface area contributed by atoms with Crippen molar-refractivity contribution in [2.24, 2.45) is 5.92 Å². The molecule has 1 aliphatic rings. The Balaban J connectivity index is 1.86. The van der Waals surface area contributed by atoms with Crippen molar-refractivity contribution >= 4 is 0 Å². The highest BCUT2D eigenvalue weighted by Crippen LogP contribution is 2.35. The molecule has 0 spiro atoms. The molecule has 0 amide bonds. The predicted molar refractivity (Wildman–Crippen MR) is 82.7 cm³/mol. The van der Waals surface area contributed by atoms with Gasteiger partial charge in [0.1, 0.15) is 0 Å². The molecule has 3 atom stereocenters. The topological polar surface area (TPSA) is 30.5 Å². The van der Waals surface area contributed by atoms with Gasteiger partial charge in [-0.2, -0.15) is 0 Å². The smallest absolute Gasteiger partial charge is 0.160 e. The first-order chi connectivity index (χ1) is 9.67. The van der Waals surface area contributed by atoms with Gasteiger partial charge in [-0.15, -0.1) is 0 Å².